The van der Waals surface area contributed by atoms with Crippen LogP contribution < -0.4 is 0 Å². The molecule has 0 N–H and O–H groups in total. The summed E-state index contributed by atoms with van der Waals surface area (Å²) in [6.07, 6.45) is -1.96. The monoisotopic (exact) mass is 314 g/mol. The Labute approximate surface area is 128 Å². The van der Waals surface area contributed by atoms with Crippen LogP contribution >= 0.6 is 0 Å². The van der Waals surface area contributed by atoms with Crippen LogP contribution in [0.5, 0.6) is 0 Å². The van der Waals surface area contributed by atoms with Crippen LogP contribution in [0, 0.1) is 0 Å². The molecule has 1 heterocycles. The highest BCUT2D eigenvalue weighted by atomic mass is 19.4. The summed E-state index contributed by atoms with van der Waals surface area (Å²) in [6.45, 7) is 1.00. The smallest absolute Gasteiger partial charge is 0.339 e. The maximum atomic E-state index is 13.0. The van der Waals surface area contributed by atoms with Crippen LogP contribution in [0.15, 0.2) is 24.3 Å². The van der Waals surface area contributed by atoms with E-state index in [-0.39, 0.29) is 5.56 Å². The minimum absolute atomic E-state index is 0.252. The summed E-state index contributed by atoms with van der Waals surface area (Å²) in [4.78, 5) is 16.2. The van der Waals surface area contributed by atoms with Gasteiger partial charge in [-0.1, -0.05) is 12.1 Å². The number of hydrogen-bond donors (Lipinski definition) is 0. The van der Waals surface area contributed by atoms with Crippen molar-refractivity contribution < 1.29 is 18.0 Å². The predicted molar refractivity (Wildman–Crippen MR) is 78.7 cm³/mol. The minimum atomic E-state index is -4.51. The standard InChI is InChI=1S/C16H21F3N2O/c1-20(2)12-6-5-10-21(11-9-12)15(22)13-7-3-4-8-14(13)16(17,18)19/h3-4,7-8,12H,5-6,9-11H2,1-2H3/t12-/m1/s1. The summed E-state index contributed by atoms with van der Waals surface area (Å²) in [5.41, 5.74) is -1.10. The fourth-order valence-electron chi connectivity index (χ4n) is 2.89. The summed E-state index contributed by atoms with van der Waals surface area (Å²) in [5, 5.41) is 0. The molecule has 122 valence electrons. The van der Waals surface area contributed by atoms with Crippen molar-refractivity contribution in [2.24, 2.45) is 0 Å². The van der Waals surface area contributed by atoms with Gasteiger partial charge >= 0.3 is 6.18 Å². The Balaban J connectivity index is 2.19. The highest BCUT2D eigenvalue weighted by Gasteiger charge is 2.36. The molecule has 0 spiro atoms. The number of hydrogen-bond acceptors (Lipinski definition) is 2. The lowest BCUT2D eigenvalue weighted by Crippen LogP contribution is -2.34. The van der Waals surface area contributed by atoms with Gasteiger partial charge in [-0.05, 0) is 45.5 Å². The van der Waals surface area contributed by atoms with Crippen LogP contribution in [0.3, 0.4) is 0 Å². The van der Waals surface area contributed by atoms with Gasteiger partial charge in [-0.3, -0.25) is 4.79 Å². The molecule has 1 aromatic carbocycles. The van der Waals surface area contributed by atoms with E-state index in [1.54, 1.807) is 4.90 Å². The summed E-state index contributed by atoms with van der Waals surface area (Å²) in [5.74, 6) is -0.521. The van der Waals surface area contributed by atoms with E-state index in [2.05, 4.69) is 4.90 Å². The second-order valence-electron chi connectivity index (χ2n) is 5.88. The first-order valence-corrected chi connectivity index (χ1v) is 7.42. The molecule has 1 saturated heterocycles. The van der Waals surface area contributed by atoms with Gasteiger partial charge in [0.1, 0.15) is 0 Å². The molecule has 3 nitrogen and oxygen atoms in total. The third-order valence-electron chi connectivity index (χ3n) is 4.18. The van der Waals surface area contributed by atoms with Gasteiger partial charge in [-0.15, -0.1) is 0 Å². The number of alkyl halides is 3. The van der Waals surface area contributed by atoms with Crippen molar-refractivity contribution in [3.63, 3.8) is 0 Å². The van der Waals surface area contributed by atoms with Gasteiger partial charge in [-0.2, -0.15) is 13.2 Å². The lowest BCUT2D eigenvalue weighted by Gasteiger charge is -2.24. The normalized spacial score (nSPS) is 20.1. The Morgan fingerprint density at radius 3 is 2.50 bits per heavy atom. The molecule has 0 bridgehead atoms. The molecule has 1 fully saturated rings. The van der Waals surface area contributed by atoms with Gasteiger partial charge in [0.2, 0.25) is 0 Å². The maximum absolute atomic E-state index is 13.0. The first-order chi connectivity index (χ1) is 10.3. The van der Waals surface area contributed by atoms with Crippen molar-refractivity contribution in [1.82, 2.24) is 9.80 Å². The van der Waals surface area contributed by atoms with Crippen LogP contribution in [-0.2, 0) is 6.18 Å². The average Bonchev–Trinajstić information content (AvgIpc) is 2.71. The van der Waals surface area contributed by atoms with Crippen molar-refractivity contribution in [1.29, 1.82) is 0 Å². The molecule has 22 heavy (non-hydrogen) atoms. The number of likely N-dealkylation sites (tertiary alicyclic amines) is 1. The fourth-order valence-corrected chi connectivity index (χ4v) is 2.89. The lowest BCUT2D eigenvalue weighted by molar-refractivity contribution is -0.138. The van der Waals surface area contributed by atoms with E-state index in [9.17, 15) is 18.0 Å². The molecule has 1 aliphatic rings. The molecule has 6 heteroatoms. The van der Waals surface area contributed by atoms with Gasteiger partial charge < -0.3 is 9.80 Å². The lowest BCUT2D eigenvalue weighted by atomic mass is 10.1. The number of amides is 1. The molecule has 0 aromatic heterocycles. The summed E-state index contributed by atoms with van der Waals surface area (Å²) in [6, 6.07) is 5.39. The Bertz CT molecular complexity index is 528. The van der Waals surface area contributed by atoms with Crippen LogP contribution in [0.4, 0.5) is 13.2 Å². The maximum Gasteiger partial charge on any atom is 0.417 e. The van der Waals surface area contributed by atoms with Gasteiger partial charge in [0.05, 0.1) is 11.1 Å². The number of nitrogens with zero attached hydrogens (tertiary/aromatic N) is 2. The van der Waals surface area contributed by atoms with E-state index in [0.717, 1.165) is 25.3 Å². The highest BCUT2D eigenvalue weighted by Crippen LogP contribution is 2.32. The van der Waals surface area contributed by atoms with Gasteiger partial charge in [0.25, 0.3) is 5.91 Å². The molecule has 0 saturated carbocycles. The van der Waals surface area contributed by atoms with E-state index in [1.165, 1.54) is 18.2 Å². The van der Waals surface area contributed by atoms with E-state index in [1.807, 2.05) is 14.1 Å². The second-order valence-corrected chi connectivity index (χ2v) is 5.88. The van der Waals surface area contributed by atoms with E-state index >= 15 is 0 Å². The topological polar surface area (TPSA) is 23.6 Å². The zero-order valence-electron chi connectivity index (χ0n) is 12.9. The summed E-state index contributed by atoms with van der Waals surface area (Å²) in [7, 11) is 3.97. The summed E-state index contributed by atoms with van der Waals surface area (Å²) < 4.78 is 39.1. The highest BCUT2D eigenvalue weighted by molar-refractivity contribution is 5.96. The third-order valence-corrected chi connectivity index (χ3v) is 4.18. The third kappa shape index (κ3) is 3.80. The van der Waals surface area contributed by atoms with E-state index < -0.39 is 17.6 Å². The fraction of sp³-hybridized carbons (Fsp3) is 0.562. The minimum Gasteiger partial charge on any atom is -0.339 e. The molecule has 0 unspecified atom stereocenters. The second kappa shape index (κ2) is 6.69. The zero-order chi connectivity index (χ0) is 16.3. The molecule has 2 rings (SSSR count). The summed E-state index contributed by atoms with van der Waals surface area (Å²) >= 11 is 0. The van der Waals surface area contributed by atoms with Gasteiger partial charge in [0, 0.05) is 19.1 Å². The van der Waals surface area contributed by atoms with Crippen molar-refractivity contribution in [2.75, 3.05) is 27.2 Å². The van der Waals surface area contributed by atoms with Crippen LogP contribution in [-0.4, -0.2) is 48.9 Å². The van der Waals surface area contributed by atoms with Crippen molar-refractivity contribution >= 4 is 5.91 Å². The number of carbonyl (C=O) groups excluding carboxylic acids is 1. The van der Waals surface area contributed by atoms with Crippen LogP contribution in [0.1, 0.15) is 35.2 Å². The Morgan fingerprint density at radius 2 is 1.86 bits per heavy atom. The predicted octanol–water partition coefficient (Wildman–Crippen LogP) is 3.26. The van der Waals surface area contributed by atoms with Gasteiger partial charge in [0.15, 0.2) is 0 Å². The van der Waals surface area contributed by atoms with Crippen LogP contribution in [0.2, 0.25) is 0 Å². The molecule has 0 radical (unpaired) electrons. The van der Waals surface area contributed by atoms with Gasteiger partial charge in [-0.25, -0.2) is 0 Å². The molecular formula is C16H21F3N2O. The van der Waals surface area contributed by atoms with Crippen molar-refractivity contribution in [3.05, 3.63) is 35.4 Å². The molecular weight excluding hydrogens is 293 g/mol. The number of benzene rings is 1. The van der Waals surface area contributed by atoms with Crippen LogP contribution in [0.25, 0.3) is 0 Å². The largest absolute Gasteiger partial charge is 0.417 e. The Hall–Kier alpha value is -1.56. The molecule has 1 aliphatic heterocycles. The zero-order valence-corrected chi connectivity index (χ0v) is 12.9. The molecule has 0 aliphatic carbocycles. The average molecular weight is 314 g/mol. The van der Waals surface area contributed by atoms with E-state index in [0.29, 0.717) is 19.1 Å². The molecule has 1 atom stereocenters. The quantitative estimate of drug-likeness (QED) is 0.836. The van der Waals surface area contributed by atoms with Crippen molar-refractivity contribution in [3.8, 4) is 0 Å². The molecule has 1 amide bonds. The number of carbonyl (C=O) groups is 1. The Morgan fingerprint density at radius 1 is 1.18 bits per heavy atom. The number of rotatable bonds is 2. The first kappa shape index (κ1) is 16.8. The van der Waals surface area contributed by atoms with E-state index in [4.69, 9.17) is 0 Å². The SMILES string of the molecule is CN(C)[C@@H]1CCCN(C(=O)c2ccccc2C(F)(F)F)CC1. The number of halogens is 3. The molecule has 1 aromatic rings. The Kier molecular flexibility index (Phi) is 5.11. The first-order valence-electron chi connectivity index (χ1n) is 7.42. The van der Waals surface area contributed by atoms with Crippen molar-refractivity contribution in [2.45, 2.75) is 31.5 Å².